The summed E-state index contributed by atoms with van der Waals surface area (Å²) in [7, 11) is 0. The average molecular weight is 415 g/mol. The quantitative estimate of drug-likeness (QED) is 0.542. The van der Waals surface area contributed by atoms with Gasteiger partial charge in [0, 0.05) is 12.0 Å². The minimum absolute atomic E-state index is 0.0681. The molecule has 9 nitrogen and oxygen atoms in total. The number of nitrogens with zero attached hydrogens (tertiary/aromatic N) is 1. The van der Waals surface area contributed by atoms with Crippen molar-refractivity contribution in [3.63, 3.8) is 0 Å². The summed E-state index contributed by atoms with van der Waals surface area (Å²) in [5.74, 6) is -0.512. The normalized spacial score (nSPS) is 10.4. The molecular formula is C20H18FN3O6. The van der Waals surface area contributed by atoms with Crippen LogP contribution in [0.25, 0.3) is 11.3 Å². The summed E-state index contributed by atoms with van der Waals surface area (Å²) < 4.78 is 28.3. The highest BCUT2D eigenvalue weighted by molar-refractivity contribution is 5.95. The van der Waals surface area contributed by atoms with E-state index >= 15 is 0 Å². The topological polar surface area (TPSA) is 124 Å². The first-order valence-corrected chi connectivity index (χ1v) is 8.96. The molecule has 0 radical (unpaired) electrons. The zero-order valence-electron chi connectivity index (χ0n) is 15.7. The third-order valence-corrected chi connectivity index (χ3v) is 3.85. The van der Waals surface area contributed by atoms with Gasteiger partial charge in [-0.25, -0.2) is 14.2 Å². The van der Waals surface area contributed by atoms with E-state index in [9.17, 15) is 18.8 Å². The maximum Gasteiger partial charge on any atom is 0.321 e. The van der Waals surface area contributed by atoms with Crippen molar-refractivity contribution in [3.05, 3.63) is 66.3 Å². The summed E-state index contributed by atoms with van der Waals surface area (Å²) in [6.07, 6.45) is 3.02. The Morgan fingerprint density at radius 2 is 1.93 bits per heavy atom. The van der Waals surface area contributed by atoms with Crippen LogP contribution in [0.4, 0.5) is 9.18 Å². The molecule has 0 spiro atoms. The van der Waals surface area contributed by atoms with Gasteiger partial charge in [0.15, 0.2) is 18.3 Å². The molecule has 3 amide bonds. The highest BCUT2D eigenvalue weighted by atomic mass is 19.1. The first-order valence-electron chi connectivity index (χ1n) is 8.96. The third kappa shape index (κ3) is 6.30. The zero-order chi connectivity index (χ0) is 21.3. The van der Waals surface area contributed by atoms with E-state index in [1.807, 2.05) is 5.32 Å². The number of aryl methyl sites for hydroxylation is 1. The number of carbonyl (C=O) groups excluding carboxylic acids is 3. The van der Waals surface area contributed by atoms with Crippen molar-refractivity contribution in [3.8, 4) is 11.3 Å². The van der Waals surface area contributed by atoms with Crippen molar-refractivity contribution in [2.75, 3.05) is 6.61 Å². The van der Waals surface area contributed by atoms with Crippen molar-refractivity contribution in [1.29, 1.82) is 0 Å². The van der Waals surface area contributed by atoms with Crippen LogP contribution in [0.15, 0.2) is 57.7 Å². The number of carbonyl (C=O) groups is 3. The maximum absolute atomic E-state index is 13.0. The third-order valence-electron chi connectivity index (χ3n) is 3.85. The van der Waals surface area contributed by atoms with E-state index in [0.29, 0.717) is 23.0 Å². The fourth-order valence-electron chi connectivity index (χ4n) is 2.39. The Hall–Kier alpha value is -3.95. The van der Waals surface area contributed by atoms with Gasteiger partial charge < -0.3 is 18.9 Å². The Bertz CT molecular complexity index is 998. The Kier molecular flexibility index (Phi) is 6.93. The smallest absolute Gasteiger partial charge is 0.321 e. The molecule has 30 heavy (non-hydrogen) atoms. The van der Waals surface area contributed by atoms with Crippen molar-refractivity contribution in [2.24, 2.45) is 0 Å². The summed E-state index contributed by atoms with van der Waals surface area (Å²) in [6, 6.07) is 8.31. The Morgan fingerprint density at radius 1 is 1.13 bits per heavy atom. The van der Waals surface area contributed by atoms with Crippen molar-refractivity contribution < 1.29 is 32.3 Å². The molecular weight excluding hydrogens is 397 g/mol. The molecule has 0 saturated carbocycles. The van der Waals surface area contributed by atoms with E-state index in [1.165, 1.54) is 24.6 Å². The molecule has 3 aromatic rings. The fraction of sp³-hybridized carbons (Fsp3) is 0.200. The van der Waals surface area contributed by atoms with Gasteiger partial charge in [0.05, 0.1) is 25.4 Å². The highest BCUT2D eigenvalue weighted by Crippen LogP contribution is 2.21. The Morgan fingerprint density at radius 3 is 2.67 bits per heavy atom. The second-order valence-electron chi connectivity index (χ2n) is 6.10. The number of furan rings is 1. The second kappa shape index (κ2) is 10.0. The van der Waals surface area contributed by atoms with Gasteiger partial charge in [-0.15, -0.1) is 0 Å². The summed E-state index contributed by atoms with van der Waals surface area (Å²) in [6.45, 7) is -0.485. The van der Waals surface area contributed by atoms with Crippen LogP contribution in [0.5, 0.6) is 0 Å². The molecule has 1 aromatic carbocycles. The molecule has 0 atom stereocenters. The lowest BCUT2D eigenvalue weighted by Crippen LogP contribution is -2.41. The van der Waals surface area contributed by atoms with Crippen molar-refractivity contribution in [2.45, 2.75) is 19.4 Å². The van der Waals surface area contributed by atoms with Crippen LogP contribution < -0.4 is 10.6 Å². The molecule has 0 saturated heterocycles. The number of hydrogen-bond donors (Lipinski definition) is 2. The molecule has 0 bridgehead atoms. The number of imide groups is 1. The number of hydrogen-bond acceptors (Lipinski definition) is 7. The molecule has 10 heteroatoms. The van der Waals surface area contributed by atoms with Crippen LogP contribution in [0.2, 0.25) is 0 Å². The summed E-state index contributed by atoms with van der Waals surface area (Å²) in [5, 5.41) is 4.45. The average Bonchev–Trinajstić information content (AvgIpc) is 3.42. The minimum Gasteiger partial charge on any atom is -0.467 e. The van der Waals surface area contributed by atoms with E-state index in [4.69, 9.17) is 13.6 Å². The van der Waals surface area contributed by atoms with Gasteiger partial charge >= 0.3 is 12.0 Å². The molecule has 0 fully saturated rings. The van der Waals surface area contributed by atoms with E-state index in [-0.39, 0.29) is 25.2 Å². The summed E-state index contributed by atoms with van der Waals surface area (Å²) >= 11 is 0. The molecule has 3 rings (SSSR count). The van der Waals surface area contributed by atoms with E-state index in [0.717, 1.165) is 0 Å². The maximum atomic E-state index is 13.0. The Balaban J connectivity index is 1.35. The van der Waals surface area contributed by atoms with Gasteiger partial charge in [-0.1, -0.05) is 0 Å². The van der Waals surface area contributed by atoms with Gasteiger partial charge in [-0.05, 0) is 36.4 Å². The number of halogens is 1. The predicted octanol–water partition coefficient (Wildman–Crippen LogP) is 2.58. The number of esters is 1. The standard InChI is InChI=1S/C20H18FN3O6/c21-14-5-3-13(4-6-14)16-11-22-18(30-16)7-8-19(26)29-12-17(25)24-20(27)23-10-15-2-1-9-28-15/h1-6,9,11H,7-8,10,12H2,(H2,23,24,25,27). The molecule has 0 aliphatic heterocycles. The van der Waals surface area contributed by atoms with Crippen LogP contribution in [-0.4, -0.2) is 29.5 Å². The fourth-order valence-corrected chi connectivity index (χ4v) is 2.39. The van der Waals surface area contributed by atoms with E-state index in [1.54, 1.807) is 24.3 Å². The first-order chi connectivity index (χ1) is 14.5. The molecule has 156 valence electrons. The lowest BCUT2D eigenvalue weighted by molar-refractivity contribution is -0.148. The van der Waals surface area contributed by atoms with Gasteiger partial charge in [-0.2, -0.15) is 0 Å². The first kappa shape index (κ1) is 20.8. The number of urea groups is 1. The van der Waals surface area contributed by atoms with Crippen LogP contribution >= 0.6 is 0 Å². The van der Waals surface area contributed by atoms with Crippen molar-refractivity contribution in [1.82, 2.24) is 15.6 Å². The number of amides is 3. The lowest BCUT2D eigenvalue weighted by atomic mass is 10.2. The second-order valence-corrected chi connectivity index (χ2v) is 6.10. The molecule has 2 N–H and O–H groups in total. The van der Waals surface area contributed by atoms with E-state index < -0.39 is 24.5 Å². The van der Waals surface area contributed by atoms with Gasteiger partial charge in [0.1, 0.15) is 11.6 Å². The number of oxazole rings is 1. The van der Waals surface area contributed by atoms with Crippen LogP contribution in [-0.2, 0) is 27.3 Å². The zero-order valence-corrected chi connectivity index (χ0v) is 15.7. The number of rotatable bonds is 8. The van der Waals surface area contributed by atoms with Crippen molar-refractivity contribution >= 4 is 17.9 Å². The van der Waals surface area contributed by atoms with Crippen LogP contribution in [0.1, 0.15) is 18.1 Å². The SMILES string of the molecule is O=C(COC(=O)CCc1ncc(-c2ccc(F)cc2)o1)NC(=O)NCc1ccco1. The molecule has 2 aromatic heterocycles. The van der Waals surface area contributed by atoms with Gasteiger partial charge in [0.2, 0.25) is 0 Å². The molecule has 0 unspecified atom stereocenters. The van der Waals surface area contributed by atoms with E-state index in [2.05, 4.69) is 10.3 Å². The molecule has 2 heterocycles. The predicted molar refractivity (Wildman–Crippen MR) is 100 cm³/mol. The Labute approximate surface area is 170 Å². The largest absolute Gasteiger partial charge is 0.467 e. The number of ether oxygens (including phenoxy) is 1. The number of nitrogens with one attached hydrogen (secondary N) is 2. The molecule has 0 aliphatic rings. The lowest BCUT2D eigenvalue weighted by Gasteiger charge is -2.06. The molecule has 0 aliphatic carbocycles. The van der Waals surface area contributed by atoms with Crippen LogP contribution in [0.3, 0.4) is 0 Å². The number of benzene rings is 1. The van der Waals surface area contributed by atoms with Gasteiger partial charge in [-0.3, -0.25) is 14.9 Å². The number of aromatic nitrogens is 1. The highest BCUT2D eigenvalue weighted by Gasteiger charge is 2.13. The minimum atomic E-state index is -0.769. The summed E-state index contributed by atoms with van der Waals surface area (Å²) in [4.78, 5) is 39.1. The summed E-state index contributed by atoms with van der Waals surface area (Å²) in [5.41, 5.74) is 0.653. The monoisotopic (exact) mass is 415 g/mol. The van der Waals surface area contributed by atoms with Crippen LogP contribution in [0, 0.1) is 5.82 Å². The van der Waals surface area contributed by atoms with Gasteiger partial charge in [0.25, 0.3) is 5.91 Å².